The lowest BCUT2D eigenvalue weighted by molar-refractivity contribution is 0.293. The van der Waals surface area contributed by atoms with Crippen LogP contribution in [0.3, 0.4) is 0 Å². The quantitative estimate of drug-likeness (QED) is 0.774. The molecule has 0 saturated heterocycles. The molecule has 7 heteroatoms. The van der Waals surface area contributed by atoms with Gasteiger partial charge in [-0.3, -0.25) is 4.79 Å². The van der Waals surface area contributed by atoms with Gasteiger partial charge in [0.15, 0.2) is 0 Å². The summed E-state index contributed by atoms with van der Waals surface area (Å²) in [5, 5.41) is 2.39. The van der Waals surface area contributed by atoms with Gasteiger partial charge < -0.3 is 15.5 Å². The number of aromatic amines is 1. The highest BCUT2D eigenvalue weighted by Crippen LogP contribution is 2.26. The Hall–Kier alpha value is -1.89. The zero-order valence-electron chi connectivity index (χ0n) is 10.9. The molecule has 3 rings (SSSR count). The van der Waals surface area contributed by atoms with E-state index in [4.69, 9.17) is 22.1 Å². The molecule has 3 aromatic rings. The Bertz CT molecular complexity index is 844. The molecule has 3 N–H and O–H groups in total. The maximum absolute atomic E-state index is 11.9. The lowest BCUT2D eigenvalue weighted by atomic mass is 10.2. The molecule has 0 aliphatic heterocycles. The molecular weight excluding hydrogens is 310 g/mol. The summed E-state index contributed by atoms with van der Waals surface area (Å²) in [6.45, 7) is 0.427. The summed E-state index contributed by atoms with van der Waals surface area (Å²) >= 11 is 7.43. The Morgan fingerprint density at radius 3 is 3.05 bits per heavy atom. The molecular formula is C14H12ClN3O2S. The van der Waals surface area contributed by atoms with Crippen molar-refractivity contribution in [3.05, 3.63) is 56.4 Å². The fourth-order valence-electron chi connectivity index (χ4n) is 2.01. The van der Waals surface area contributed by atoms with Gasteiger partial charge in [0.2, 0.25) is 0 Å². The summed E-state index contributed by atoms with van der Waals surface area (Å²) in [5.41, 5.74) is 6.92. The first-order valence-corrected chi connectivity index (χ1v) is 7.51. The Labute approximate surface area is 129 Å². The lowest BCUT2D eigenvalue weighted by Crippen LogP contribution is -2.13. The molecule has 0 saturated carbocycles. The van der Waals surface area contributed by atoms with Gasteiger partial charge in [-0.2, -0.15) is 0 Å². The average molecular weight is 322 g/mol. The van der Waals surface area contributed by atoms with Crippen molar-refractivity contribution in [3.8, 4) is 5.75 Å². The number of hydrogen-bond acceptors (Lipinski definition) is 5. The van der Waals surface area contributed by atoms with Crippen molar-refractivity contribution in [2.75, 3.05) is 0 Å². The van der Waals surface area contributed by atoms with E-state index in [0.717, 1.165) is 5.56 Å². The van der Waals surface area contributed by atoms with Crippen molar-refractivity contribution in [1.29, 1.82) is 0 Å². The first-order chi connectivity index (χ1) is 10.2. The van der Waals surface area contributed by atoms with Gasteiger partial charge in [-0.15, -0.1) is 11.3 Å². The third kappa shape index (κ3) is 2.78. The van der Waals surface area contributed by atoms with Crippen molar-refractivity contribution < 1.29 is 4.74 Å². The van der Waals surface area contributed by atoms with Gasteiger partial charge in [-0.1, -0.05) is 17.7 Å². The first-order valence-electron chi connectivity index (χ1n) is 6.25. The van der Waals surface area contributed by atoms with Gasteiger partial charge in [0.25, 0.3) is 5.56 Å². The van der Waals surface area contributed by atoms with Crippen molar-refractivity contribution in [1.82, 2.24) is 9.97 Å². The number of nitrogens with two attached hydrogens (primary N) is 1. The Morgan fingerprint density at radius 1 is 1.38 bits per heavy atom. The molecule has 21 heavy (non-hydrogen) atoms. The van der Waals surface area contributed by atoms with Crippen molar-refractivity contribution >= 4 is 33.2 Å². The van der Waals surface area contributed by atoms with Crippen LogP contribution in [0.4, 0.5) is 0 Å². The van der Waals surface area contributed by atoms with Gasteiger partial charge in [0.1, 0.15) is 22.9 Å². The van der Waals surface area contributed by atoms with E-state index in [-0.39, 0.29) is 18.7 Å². The van der Waals surface area contributed by atoms with E-state index in [1.54, 1.807) is 18.2 Å². The Morgan fingerprint density at radius 2 is 2.24 bits per heavy atom. The number of nitrogens with zero attached hydrogens (tertiary/aromatic N) is 1. The van der Waals surface area contributed by atoms with E-state index in [1.165, 1.54) is 11.3 Å². The molecule has 0 radical (unpaired) electrons. The molecule has 108 valence electrons. The standard InChI is InChI=1S/C14H12ClN3O2S/c15-9-2-1-3-11(8(9)6-16)20-7-12-17-10-4-5-21-13(10)14(19)18-12/h1-5H,6-7,16H2,(H,17,18,19). The minimum absolute atomic E-state index is 0.147. The second-order valence-corrected chi connectivity index (χ2v) is 5.68. The molecule has 0 spiro atoms. The second kappa shape index (κ2) is 5.85. The molecule has 5 nitrogen and oxygen atoms in total. The van der Waals surface area contributed by atoms with Crippen molar-refractivity contribution in [3.63, 3.8) is 0 Å². The van der Waals surface area contributed by atoms with Gasteiger partial charge in [0, 0.05) is 17.1 Å². The molecule has 0 aliphatic rings. The lowest BCUT2D eigenvalue weighted by Gasteiger charge is -2.11. The third-order valence-electron chi connectivity index (χ3n) is 3.01. The number of thiophene rings is 1. The number of halogens is 1. The molecule has 2 aromatic heterocycles. The minimum Gasteiger partial charge on any atom is -0.485 e. The summed E-state index contributed by atoms with van der Waals surface area (Å²) in [4.78, 5) is 18.9. The van der Waals surface area contributed by atoms with Crippen molar-refractivity contribution in [2.24, 2.45) is 5.73 Å². The van der Waals surface area contributed by atoms with Crippen LogP contribution < -0.4 is 16.0 Å². The number of nitrogens with one attached hydrogen (secondary N) is 1. The molecule has 0 bridgehead atoms. The Balaban J connectivity index is 1.87. The highest BCUT2D eigenvalue weighted by Gasteiger charge is 2.09. The monoisotopic (exact) mass is 321 g/mol. The molecule has 1 aromatic carbocycles. The van der Waals surface area contributed by atoms with Crippen LogP contribution in [0.1, 0.15) is 11.4 Å². The predicted octanol–water partition coefficient (Wildman–Crippen LogP) is 2.68. The normalized spacial score (nSPS) is 11.0. The third-order valence-corrected chi connectivity index (χ3v) is 4.26. The largest absolute Gasteiger partial charge is 0.485 e. The first kappa shape index (κ1) is 14.1. The van der Waals surface area contributed by atoms with E-state index >= 15 is 0 Å². The second-order valence-electron chi connectivity index (χ2n) is 4.36. The fourth-order valence-corrected chi connectivity index (χ4v) is 2.98. The smallest absolute Gasteiger partial charge is 0.268 e. The number of aromatic nitrogens is 2. The molecule has 0 atom stereocenters. The van der Waals surface area contributed by atoms with Gasteiger partial charge in [-0.25, -0.2) is 4.98 Å². The number of rotatable bonds is 4. The van der Waals surface area contributed by atoms with E-state index in [0.29, 0.717) is 26.8 Å². The van der Waals surface area contributed by atoms with E-state index in [9.17, 15) is 4.79 Å². The molecule has 0 unspecified atom stereocenters. The zero-order chi connectivity index (χ0) is 14.8. The highest BCUT2D eigenvalue weighted by atomic mass is 35.5. The van der Waals surface area contributed by atoms with Crippen LogP contribution in [0.5, 0.6) is 5.75 Å². The number of hydrogen-bond donors (Lipinski definition) is 2. The fraction of sp³-hybridized carbons (Fsp3) is 0.143. The number of benzene rings is 1. The average Bonchev–Trinajstić information content (AvgIpc) is 2.94. The van der Waals surface area contributed by atoms with Crippen LogP contribution in [0.25, 0.3) is 10.2 Å². The zero-order valence-corrected chi connectivity index (χ0v) is 12.5. The van der Waals surface area contributed by atoms with Crippen LogP contribution in [-0.4, -0.2) is 9.97 Å². The van der Waals surface area contributed by atoms with E-state index in [2.05, 4.69) is 9.97 Å². The summed E-state index contributed by atoms with van der Waals surface area (Å²) in [7, 11) is 0. The summed E-state index contributed by atoms with van der Waals surface area (Å²) in [5.74, 6) is 1.06. The number of fused-ring (bicyclic) bond motifs is 1. The number of H-pyrrole nitrogens is 1. The predicted molar refractivity (Wildman–Crippen MR) is 83.9 cm³/mol. The molecule has 0 aliphatic carbocycles. The van der Waals surface area contributed by atoms with E-state index in [1.807, 2.05) is 11.4 Å². The minimum atomic E-state index is -0.154. The Kier molecular flexibility index (Phi) is 3.92. The summed E-state index contributed by atoms with van der Waals surface area (Å²) in [6, 6.07) is 7.14. The van der Waals surface area contributed by atoms with Gasteiger partial charge in [-0.05, 0) is 23.6 Å². The molecule has 0 amide bonds. The maximum atomic E-state index is 11.9. The van der Waals surface area contributed by atoms with Crippen LogP contribution in [0.2, 0.25) is 5.02 Å². The van der Waals surface area contributed by atoms with Crippen molar-refractivity contribution in [2.45, 2.75) is 13.2 Å². The summed E-state index contributed by atoms with van der Waals surface area (Å²) < 4.78 is 6.30. The van der Waals surface area contributed by atoms with Gasteiger partial charge in [0.05, 0.1) is 5.52 Å². The summed E-state index contributed by atoms with van der Waals surface area (Å²) in [6.07, 6.45) is 0. The van der Waals surface area contributed by atoms with Crippen LogP contribution in [0, 0.1) is 0 Å². The topological polar surface area (TPSA) is 81.0 Å². The molecule has 2 heterocycles. The SMILES string of the molecule is NCc1c(Cl)cccc1OCc1nc2ccsc2c(=O)[nH]1. The highest BCUT2D eigenvalue weighted by molar-refractivity contribution is 7.17. The van der Waals surface area contributed by atoms with E-state index < -0.39 is 0 Å². The van der Waals surface area contributed by atoms with Gasteiger partial charge >= 0.3 is 0 Å². The van der Waals surface area contributed by atoms with Crippen LogP contribution in [-0.2, 0) is 13.2 Å². The number of ether oxygens (including phenoxy) is 1. The molecule has 0 fully saturated rings. The maximum Gasteiger partial charge on any atom is 0.268 e. The van der Waals surface area contributed by atoms with Crippen LogP contribution in [0.15, 0.2) is 34.4 Å². The van der Waals surface area contributed by atoms with Crippen LogP contribution >= 0.6 is 22.9 Å².